The highest BCUT2D eigenvalue weighted by Crippen LogP contribution is 2.24. The molecule has 3 heterocycles. The second-order valence-corrected chi connectivity index (χ2v) is 5.19. The molecule has 2 N–H and O–H groups in total. The molecule has 20 heavy (non-hydrogen) atoms. The predicted octanol–water partition coefficient (Wildman–Crippen LogP) is 1.71. The van der Waals surface area contributed by atoms with Crippen LogP contribution in [0.15, 0.2) is 36.9 Å². The Morgan fingerprint density at radius 2 is 1.90 bits per heavy atom. The van der Waals surface area contributed by atoms with Gasteiger partial charge in [0.1, 0.15) is 0 Å². The van der Waals surface area contributed by atoms with Gasteiger partial charge in [-0.3, -0.25) is 4.98 Å². The number of rotatable bonds is 4. The molecule has 1 aliphatic heterocycles. The average Bonchev–Trinajstić information content (AvgIpc) is 2.97. The highest BCUT2D eigenvalue weighted by molar-refractivity contribution is 5.61. The van der Waals surface area contributed by atoms with E-state index >= 15 is 0 Å². The van der Waals surface area contributed by atoms with Crippen LogP contribution in [0.3, 0.4) is 0 Å². The average molecular weight is 269 g/mol. The first kappa shape index (κ1) is 13.0. The summed E-state index contributed by atoms with van der Waals surface area (Å²) in [5, 5.41) is 0. The quantitative estimate of drug-likeness (QED) is 0.915. The first-order valence-electron chi connectivity index (χ1n) is 7.04. The molecule has 0 bridgehead atoms. The third-order valence-corrected chi connectivity index (χ3v) is 3.80. The molecule has 0 aliphatic carbocycles. The summed E-state index contributed by atoms with van der Waals surface area (Å²) in [5.74, 6) is 1.51. The van der Waals surface area contributed by atoms with Gasteiger partial charge in [-0.1, -0.05) is 0 Å². The first-order chi connectivity index (χ1) is 9.86. The summed E-state index contributed by atoms with van der Waals surface area (Å²) in [4.78, 5) is 15.3. The Balaban J connectivity index is 1.71. The van der Waals surface area contributed by atoms with E-state index in [4.69, 9.17) is 5.73 Å². The Bertz CT molecular complexity index is 540. The minimum atomic E-state index is 0.684. The van der Waals surface area contributed by atoms with Crippen LogP contribution in [-0.2, 0) is 0 Å². The third kappa shape index (κ3) is 2.77. The van der Waals surface area contributed by atoms with Crippen LogP contribution in [-0.4, -0.2) is 34.6 Å². The fourth-order valence-corrected chi connectivity index (χ4v) is 2.66. The van der Waals surface area contributed by atoms with Crippen LogP contribution >= 0.6 is 0 Å². The lowest BCUT2D eigenvalue weighted by molar-refractivity contribution is 0.545. The lowest BCUT2D eigenvalue weighted by Gasteiger charge is -2.16. The van der Waals surface area contributed by atoms with E-state index in [0.717, 1.165) is 43.1 Å². The Morgan fingerprint density at radius 1 is 1.15 bits per heavy atom. The maximum atomic E-state index is 5.62. The molecule has 5 nitrogen and oxygen atoms in total. The van der Waals surface area contributed by atoms with Crippen molar-refractivity contribution < 1.29 is 0 Å². The first-order valence-corrected chi connectivity index (χ1v) is 7.04. The van der Waals surface area contributed by atoms with E-state index in [1.165, 1.54) is 6.42 Å². The summed E-state index contributed by atoms with van der Waals surface area (Å²) >= 11 is 0. The zero-order valence-electron chi connectivity index (χ0n) is 11.4. The molecule has 0 radical (unpaired) electrons. The van der Waals surface area contributed by atoms with Crippen LogP contribution in [0, 0.1) is 5.92 Å². The van der Waals surface area contributed by atoms with E-state index in [9.17, 15) is 0 Å². The Labute approximate surface area is 118 Å². The van der Waals surface area contributed by atoms with Gasteiger partial charge >= 0.3 is 0 Å². The van der Waals surface area contributed by atoms with E-state index in [2.05, 4.69) is 19.9 Å². The second-order valence-electron chi connectivity index (χ2n) is 5.19. The number of pyridine rings is 1. The standard InChI is InChI=1S/C15H19N5/c16-5-1-12-4-8-20(11-12)15-18-9-14(10-19-15)13-2-6-17-7-3-13/h2-3,6-7,9-10,12H,1,4-5,8,11,16H2. The van der Waals surface area contributed by atoms with Crippen LogP contribution in [0.1, 0.15) is 12.8 Å². The highest BCUT2D eigenvalue weighted by atomic mass is 15.3. The van der Waals surface area contributed by atoms with Crippen molar-refractivity contribution in [2.75, 3.05) is 24.5 Å². The van der Waals surface area contributed by atoms with E-state index in [1.807, 2.05) is 24.5 Å². The topological polar surface area (TPSA) is 67.9 Å². The van der Waals surface area contributed by atoms with Crippen LogP contribution in [0.5, 0.6) is 0 Å². The summed E-state index contributed by atoms with van der Waals surface area (Å²) in [6.07, 6.45) is 9.60. The van der Waals surface area contributed by atoms with E-state index < -0.39 is 0 Å². The molecule has 0 aromatic carbocycles. The van der Waals surface area contributed by atoms with Gasteiger partial charge < -0.3 is 10.6 Å². The SMILES string of the molecule is NCCC1CCN(c2ncc(-c3ccncc3)cn2)C1. The van der Waals surface area contributed by atoms with Gasteiger partial charge in [0.25, 0.3) is 0 Å². The summed E-state index contributed by atoms with van der Waals surface area (Å²) in [6.45, 7) is 2.81. The van der Waals surface area contributed by atoms with Crippen molar-refractivity contribution in [3.63, 3.8) is 0 Å². The summed E-state index contributed by atoms with van der Waals surface area (Å²) < 4.78 is 0. The molecule has 3 rings (SSSR count). The number of anilines is 1. The van der Waals surface area contributed by atoms with Gasteiger partial charge in [0.2, 0.25) is 5.95 Å². The van der Waals surface area contributed by atoms with Gasteiger partial charge in [-0.15, -0.1) is 0 Å². The van der Waals surface area contributed by atoms with Gasteiger partial charge in [0.15, 0.2) is 0 Å². The zero-order valence-corrected chi connectivity index (χ0v) is 11.4. The molecule has 0 saturated carbocycles. The largest absolute Gasteiger partial charge is 0.341 e. The lowest BCUT2D eigenvalue weighted by Crippen LogP contribution is -2.22. The molecular weight excluding hydrogens is 250 g/mol. The minimum Gasteiger partial charge on any atom is -0.341 e. The Morgan fingerprint density at radius 3 is 2.60 bits per heavy atom. The van der Waals surface area contributed by atoms with Crippen LogP contribution in [0.25, 0.3) is 11.1 Å². The second kappa shape index (κ2) is 5.96. The fourth-order valence-electron chi connectivity index (χ4n) is 2.66. The van der Waals surface area contributed by atoms with Crippen LogP contribution in [0.4, 0.5) is 5.95 Å². The smallest absolute Gasteiger partial charge is 0.225 e. The molecule has 1 atom stereocenters. The van der Waals surface area contributed by atoms with Gasteiger partial charge in [-0.05, 0) is 43.0 Å². The molecule has 2 aromatic heterocycles. The third-order valence-electron chi connectivity index (χ3n) is 3.80. The molecule has 1 unspecified atom stereocenters. The molecule has 5 heteroatoms. The van der Waals surface area contributed by atoms with Crippen molar-refractivity contribution in [1.29, 1.82) is 0 Å². The number of hydrogen-bond acceptors (Lipinski definition) is 5. The van der Waals surface area contributed by atoms with Gasteiger partial charge in [-0.2, -0.15) is 0 Å². The Kier molecular flexibility index (Phi) is 3.87. The molecule has 104 valence electrons. The molecular formula is C15H19N5. The van der Waals surface area contributed by atoms with Gasteiger partial charge in [0.05, 0.1) is 0 Å². The van der Waals surface area contributed by atoms with Gasteiger partial charge in [-0.25, -0.2) is 9.97 Å². The number of nitrogens with two attached hydrogens (primary N) is 1. The summed E-state index contributed by atoms with van der Waals surface area (Å²) in [5.41, 5.74) is 7.74. The normalized spacial score (nSPS) is 18.4. The van der Waals surface area contributed by atoms with Crippen molar-refractivity contribution >= 4 is 5.95 Å². The summed E-state index contributed by atoms with van der Waals surface area (Å²) in [7, 11) is 0. The molecule has 1 saturated heterocycles. The molecule has 1 aliphatic rings. The van der Waals surface area contributed by atoms with E-state index in [0.29, 0.717) is 5.92 Å². The van der Waals surface area contributed by atoms with Crippen molar-refractivity contribution in [3.05, 3.63) is 36.9 Å². The predicted molar refractivity (Wildman–Crippen MR) is 79.3 cm³/mol. The molecule has 2 aromatic rings. The summed E-state index contributed by atoms with van der Waals surface area (Å²) in [6, 6.07) is 3.93. The van der Waals surface area contributed by atoms with Crippen molar-refractivity contribution in [3.8, 4) is 11.1 Å². The molecule has 0 amide bonds. The highest BCUT2D eigenvalue weighted by Gasteiger charge is 2.23. The van der Waals surface area contributed by atoms with Crippen LogP contribution < -0.4 is 10.6 Å². The number of aromatic nitrogens is 3. The maximum absolute atomic E-state index is 5.62. The van der Waals surface area contributed by atoms with E-state index in [1.54, 1.807) is 12.4 Å². The van der Waals surface area contributed by atoms with Gasteiger partial charge in [0, 0.05) is 43.4 Å². The van der Waals surface area contributed by atoms with Crippen molar-refractivity contribution in [2.45, 2.75) is 12.8 Å². The number of hydrogen-bond donors (Lipinski definition) is 1. The lowest BCUT2D eigenvalue weighted by atomic mass is 10.1. The maximum Gasteiger partial charge on any atom is 0.225 e. The number of nitrogens with zero attached hydrogens (tertiary/aromatic N) is 4. The molecule has 1 fully saturated rings. The zero-order chi connectivity index (χ0) is 13.8. The monoisotopic (exact) mass is 269 g/mol. The Hall–Kier alpha value is -2.01. The van der Waals surface area contributed by atoms with Crippen molar-refractivity contribution in [1.82, 2.24) is 15.0 Å². The van der Waals surface area contributed by atoms with E-state index in [-0.39, 0.29) is 0 Å². The van der Waals surface area contributed by atoms with Crippen LogP contribution in [0.2, 0.25) is 0 Å². The fraction of sp³-hybridized carbons (Fsp3) is 0.400. The minimum absolute atomic E-state index is 0.684. The molecule has 0 spiro atoms. The van der Waals surface area contributed by atoms with Crippen molar-refractivity contribution in [2.24, 2.45) is 11.7 Å².